The van der Waals surface area contributed by atoms with Crippen molar-refractivity contribution in [2.24, 2.45) is 0 Å². The van der Waals surface area contributed by atoms with Crippen LogP contribution in [0.25, 0.3) is 0 Å². The molecule has 23 heavy (non-hydrogen) atoms. The van der Waals surface area contributed by atoms with Crippen molar-refractivity contribution in [1.82, 2.24) is 14.2 Å². The lowest BCUT2D eigenvalue weighted by atomic mass is 9.92. The van der Waals surface area contributed by atoms with Gasteiger partial charge in [0.05, 0.1) is 5.25 Å². The maximum Gasteiger partial charge on any atom is 0.250 e. The zero-order valence-electron chi connectivity index (χ0n) is 13.8. The van der Waals surface area contributed by atoms with Crippen molar-refractivity contribution in [1.29, 1.82) is 0 Å². The predicted molar refractivity (Wildman–Crippen MR) is 90.1 cm³/mol. The van der Waals surface area contributed by atoms with Crippen LogP contribution in [0.5, 0.6) is 0 Å². The van der Waals surface area contributed by atoms with Crippen molar-refractivity contribution >= 4 is 10.0 Å². The Labute approximate surface area is 137 Å². The number of hydrogen-bond acceptors (Lipinski definition) is 4. The zero-order valence-corrected chi connectivity index (χ0v) is 14.6. The van der Waals surface area contributed by atoms with Gasteiger partial charge in [-0.15, -0.1) is 0 Å². The second-order valence-electron chi connectivity index (χ2n) is 6.90. The van der Waals surface area contributed by atoms with Gasteiger partial charge in [-0.1, -0.05) is 6.07 Å². The summed E-state index contributed by atoms with van der Waals surface area (Å²) < 4.78 is 28.9. The third-order valence-electron chi connectivity index (χ3n) is 4.65. The number of hydrogen-bond donors (Lipinski definition) is 1. The first-order valence-electron chi connectivity index (χ1n) is 8.24. The zero-order chi connectivity index (χ0) is 16.6. The van der Waals surface area contributed by atoms with Crippen LogP contribution in [0, 0.1) is 0 Å². The Morgan fingerprint density at radius 1 is 1.26 bits per heavy atom. The van der Waals surface area contributed by atoms with Crippen LogP contribution in [0.4, 0.5) is 0 Å². The van der Waals surface area contributed by atoms with E-state index in [0.717, 1.165) is 43.5 Å². The molecule has 1 N–H and O–H groups in total. The minimum atomic E-state index is -3.15. The van der Waals surface area contributed by atoms with E-state index >= 15 is 0 Å². The van der Waals surface area contributed by atoms with E-state index in [-0.39, 0.29) is 16.9 Å². The van der Waals surface area contributed by atoms with Crippen LogP contribution in [-0.2, 0) is 29.4 Å². The fraction of sp³-hybridized carbons (Fsp3) is 0.688. The van der Waals surface area contributed by atoms with Gasteiger partial charge in [0.2, 0.25) is 10.0 Å². The Morgan fingerprint density at radius 3 is 2.65 bits per heavy atom. The number of pyridine rings is 1. The molecule has 2 aliphatic rings. The molecule has 3 rings (SSSR count). The van der Waals surface area contributed by atoms with Gasteiger partial charge >= 0.3 is 0 Å². The van der Waals surface area contributed by atoms with Gasteiger partial charge in [-0.3, -0.25) is 4.79 Å². The third kappa shape index (κ3) is 3.84. The molecule has 1 aromatic rings. The van der Waals surface area contributed by atoms with E-state index in [1.807, 2.05) is 24.7 Å². The number of fused-ring (bicyclic) bond motifs is 1. The van der Waals surface area contributed by atoms with Gasteiger partial charge in [0.1, 0.15) is 0 Å². The van der Waals surface area contributed by atoms with Gasteiger partial charge < -0.3 is 9.47 Å². The van der Waals surface area contributed by atoms with Crippen LogP contribution in [0.2, 0.25) is 0 Å². The van der Waals surface area contributed by atoms with Crippen LogP contribution < -0.4 is 10.3 Å². The Kier molecular flexibility index (Phi) is 4.62. The van der Waals surface area contributed by atoms with E-state index in [1.54, 1.807) is 6.07 Å². The van der Waals surface area contributed by atoms with E-state index in [2.05, 4.69) is 9.62 Å². The minimum Gasteiger partial charge on any atom is -0.311 e. The molecule has 0 aromatic carbocycles. The molecular formula is C16H25N3O3S. The van der Waals surface area contributed by atoms with E-state index in [0.29, 0.717) is 13.0 Å². The Hall–Kier alpha value is -1.18. The molecule has 6 nitrogen and oxygen atoms in total. The first-order chi connectivity index (χ1) is 10.9. The molecule has 0 bridgehead atoms. The van der Waals surface area contributed by atoms with Crippen LogP contribution in [0.15, 0.2) is 16.9 Å². The Bertz CT molecular complexity index is 735. The molecule has 1 atom stereocenters. The average Bonchev–Trinajstić information content (AvgIpc) is 3.31. The van der Waals surface area contributed by atoms with Crippen molar-refractivity contribution in [3.05, 3.63) is 33.7 Å². The highest BCUT2D eigenvalue weighted by Crippen LogP contribution is 2.29. The summed E-state index contributed by atoms with van der Waals surface area (Å²) >= 11 is 0. The van der Waals surface area contributed by atoms with Crippen molar-refractivity contribution < 1.29 is 8.42 Å². The molecule has 7 heteroatoms. The maximum atomic E-state index is 12.1. The van der Waals surface area contributed by atoms with Crippen molar-refractivity contribution in [3.8, 4) is 0 Å². The van der Waals surface area contributed by atoms with Crippen molar-refractivity contribution in [3.63, 3.8) is 0 Å². The maximum absolute atomic E-state index is 12.1. The molecule has 0 spiro atoms. The van der Waals surface area contributed by atoms with E-state index in [4.69, 9.17) is 0 Å². The molecule has 2 aliphatic carbocycles. The minimum absolute atomic E-state index is 0.0302. The highest BCUT2D eigenvalue weighted by Gasteiger charge is 2.37. The predicted octanol–water partition coefficient (Wildman–Crippen LogP) is 0.349. The van der Waals surface area contributed by atoms with Crippen LogP contribution in [0.1, 0.15) is 30.5 Å². The average molecular weight is 339 g/mol. The number of likely N-dealkylation sites (N-methyl/N-ethyl adjacent to an activating group) is 1. The second-order valence-corrected chi connectivity index (χ2v) is 8.89. The van der Waals surface area contributed by atoms with Gasteiger partial charge in [0, 0.05) is 30.9 Å². The van der Waals surface area contributed by atoms with Crippen molar-refractivity contribution in [2.45, 2.75) is 49.9 Å². The molecular weight excluding hydrogens is 314 g/mol. The summed E-state index contributed by atoms with van der Waals surface area (Å²) in [4.78, 5) is 14.2. The summed E-state index contributed by atoms with van der Waals surface area (Å²) in [7, 11) is 0.824. The van der Waals surface area contributed by atoms with E-state index < -0.39 is 10.0 Å². The van der Waals surface area contributed by atoms with Gasteiger partial charge in [-0.2, -0.15) is 0 Å². The smallest absolute Gasteiger partial charge is 0.250 e. The van der Waals surface area contributed by atoms with Crippen molar-refractivity contribution in [2.75, 3.05) is 20.6 Å². The van der Waals surface area contributed by atoms with Crippen LogP contribution in [0.3, 0.4) is 0 Å². The second kappa shape index (κ2) is 6.37. The van der Waals surface area contributed by atoms with Gasteiger partial charge in [-0.25, -0.2) is 13.1 Å². The molecule has 1 fully saturated rings. The van der Waals surface area contributed by atoms with E-state index in [9.17, 15) is 13.2 Å². The van der Waals surface area contributed by atoms with Gasteiger partial charge in [0.25, 0.3) is 5.56 Å². The number of nitrogens with one attached hydrogen (secondary N) is 1. The van der Waals surface area contributed by atoms with Gasteiger partial charge in [-0.05, 0) is 51.8 Å². The molecule has 0 saturated heterocycles. The normalized spacial score (nSPS) is 21.4. The summed E-state index contributed by atoms with van der Waals surface area (Å²) in [5.41, 5.74) is 2.20. The number of aromatic nitrogens is 1. The first-order valence-corrected chi connectivity index (χ1v) is 9.79. The highest BCUT2D eigenvalue weighted by atomic mass is 32.2. The topological polar surface area (TPSA) is 71.4 Å². The van der Waals surface area contributed by atoms with Crippen LogP contribution >= 0.6 is 0 Å². The summed E-state index contributed by atoms with van der Waals surface area (Å²) in [6.45, 7) is 1.49. The lowest BCUT2D eigenvalue weighted by Crippen LogP contribution is -2.42. The fourth-order valence-corrected chi connectivity index (χ4v) is 4.79. The summed E-state index contributed by atoms with van der Waals surface area (Å²) in [6.07, 6.45) is 3.73. The lowest BCUT2D eigenvalue weighted by molar-refractivity contribution is 0.373. The fourth-order valence-electron chi connectivity index (χ4n) is 3.18. The quantitative estimate of drug-likeness (QED) is 0.812. The summed E-state index contributed by atoms with van der Waals surface area (Å²) in [5.74, 6) is 0. The first kappa shape index (κ1) is 16.7. The molecule has 1 aromatic heterocycles. The highest BCUT2D eigenvalue weighted by molar-refractivity contribution is 7.90. The van der Waals surface area contributed by atoms with E-state index in [1.165, 1.54) is 0 Å². The SMILES string of the molecule is CN(C)CCn1c2c(ccc1=O)C[C@H](NS(=O)(=O)C1CC1)CC2. The molecule has 0 radical (unpaired) electrons. The summed E-state index contributed by atoms with van der Waals surface area (Å²) in [6, 6.07) is 3.42. The molecule has 0 unspecified atom stereocenters. The Morgan fingerprint density at radius 2 is 2.00 bits per heavy atom. The summed E-state index contributed by atoms with van der Waals surface area (Å²) in [5, 5.41) is -0.182. The number of nitrogens with zero attached hydrogens (tertiary/aromatic N) is 2. The third-order valence-corrected chi connectivity index (χ3v) is 6.66. The molecule has 1 heterocycles. The van der Waals surface area contributed by atoms with Crippen LogP contribution in [-0.4, -0.2) is 49.8 Å². The molecule has 0 aliphatic heterocycles. The van der Waals surface area contributed by atoms with Gasteiger partial charge in [0.15, 0.2) is 0 Å². The molecule has 0 amide bonds. The monoisotopic (exact) mass is 339 g/mol. The lowest BCUT2D eigenvalue weighted by Gasteiger charge is -2.28. The number of sulfonamides is 1. The molecule has 1 saturated carbocycles. The Balaban J connectivity index is 1.76. The molecule has 128 valence electrons. The standard InChI is InChI=1S/C16H25N3O3S/c1-18(2)9-10-19-15-7-4-13(11-12(15)3-8-16(19)20)17-23(21,22)14-5-6-14/h3,8,13-14,17H,4-7,9-11H2,1-2H3/t13-/m1/s1. The largest absolute Gasteiger partial charge is 0.311 e. The number of rotatable bonds is 6.